The third-order valence-electron chi connectivity index (χ3n) is 1.61. The molecule has 7 heteroatoms. The Labute approximate surface area is 87.5 Å². The summed E-state index contributed by atoms with van der Waals surface area (Å²) in [6, 6.07) is -0.331. The number of carbonyl (C=O) groups is 1. The molecule has 0 N–H and O–H groups in total. The fraction of sp³-hybridized carbons (Fsp3) is 0.875. The minimum Gasteiger partial charge on any atom is -0.442 e. The molecule has 1 heterocycles. The Morgan fingerprint density at radius 1 is 1.67 bits per heavy atom. The molecule has 1 fully saturated rings. The fourth-order valence-electron chi connectivity index (χ4n) is 1.06. The van der Waals surface area contributed by atoms with Gasteiger partial charge >= 0.3 is 6.09 Å². The molecule has 0 aromatic rings. The highest BCUT2D eigenvalue weighted by atomic mass is 16.7. The van der Waals surface area contributed by atoms with E-state index in [-0.39, 0.29) is 19.2 Å². The van der Waals surface area contributed by atoms with Gasteiger partial charge in [0.1, 0.15) is 5.60 Å². The van der Waals surface area contributed by atoms with Crippen LogP contribution < -0.4 is 0 Å². The molecule has 1 amide bonds. The van der Waals surface area contributed by atoms with Crippen LogP contribution in [0.3, 0.4) is 0 Å². The lowest BCUT2D eigenvalue weighted by molar-refractivity contribution is -0.107. The Morgan fingerprint density at radius 2 is 2.33 bits per heavy atom. The lowest BCUT2D eigenvalue weighted by Crippen LogP contribution is -2.34. The van der Waals surface area contributed by atoms with Gasteiger partial charge < -0.3 is 4.74 Å². The van der Waals surface area contributed by atoms with Gasteiger partial charge in [-0.2, -0.15) is 5.06 Å². The Hall–Kier alpha value is -1.46. The average Bonchev–Trinajstić information content (AvgIpc) is 2.50. The van der Waals surface area contributed by atoms with Crippen LogP contribution in [0.5, 0.6) is 0 Å². The lowest BCUT2D eigenvalue weighted by Gasteiger charge is -2.23. The standard InChI is InChI=1S/C8H14N4O3/c1-8(2,3)15-7(13)12-4-6(5-14-12)10-11-9/h6H,4-5H2,1-3H3/t6-/m1/s1. The number of nitrogens with zero attached hydrogens (tertiary/aromatic N) is 4. The number of rotatable bonds is 1. The molecule has 0 radical (unpaired) electrons. The number of amides is 1. The number of carbonyl (C=O) groups excluding carboxylic acids is 1. The average molecular weight is 214 g/mol. The molecule has 0 aliphatic carbocycles. The molecule has 1 aliphatic heterocycles. The summed E-state index contributed by atoms with van der Waals surface area (Å²) in [6.07, 6.45) is -0.557. The van der Waals surface area contributed by atoms with E-state index in [1.165, 1.54) is 0 Å². The topological polar surface area (TPSA) is 87.5 Å². The van der Waals surface area contributed by atoms with Crippen molar-refractivity contribution in [3.63, 3.8) is 0 Å². The zero-order chi connectivity index (χ0) is 11.5. The number of hydrogen-bond donors (Lipinski definition) is 0. The van der Waals surface area contributed by atoms with Crippen LogP contribution in [0.4, 0.5) is 4.79 Å². The summed E-state index contributed by atoms with van der Waals surface area (Å²) in [5, 5.41) is 4.53. The van der Waals surface area contributed by atoms with E-state index in [4.69, 9.17) is 15.1 Å². The van der Waals surface area contributed by atoms with Crippen molar-refractivity contribution in [1.82, 2.24) is 5.06 Å². The Kier molecular flexibility index (Phi) is 3.39. The predicted octanol–water partition coefficient (Wildman–Crippen LogP) is 1.85. The molecule has 0 bridgehead atoms. The molecular weight excluding hydrogens is 200 g/mol. The van der Waals surface area contributed by atoms with Gasteiger partial charge in [0.05, 0.1) is 19.2 Å². The molecule has 15 heavy (non-hydrogen) atoms. The summed E-state index contributed by atoms with van der Waals surface area (Å²) in [5.41, 5.74) is 7.65. The maximum absolute atomic E-state index is 11.5. The largest absolute Gasteiger partial charge is 0.442 e. The van der Waals surface area contributed by atoms with Crippen molar-refractivity contribution in [2.24, 2.45) is 5.11 Å². The minimum atomic E-state index is -0.559. The van der Waals surface area contributed by atoms with Crippen molar-refractivity contribution < 1.29 is 14.4 Å². The zero-order valence-electron chi connectivity index (χ0n) is 9.01. The molecule has 1 aliphatic rings. The molecule has 1 rings (SSSR count). The van der Waals surface area contributed by atoms with Crippen molar-refractivity contribution in [2.75, 3.05) is 13.2 Å². The number of azide groups is 1. The van der Waals surface area contributed by atoms with E-state index in [9.17, 15) is 4.79 Å². The molecule has 1 atom stereocenters. The first kappa shape index (κ1) is 11.6. The molecule has 1 saturated heterocycles. The van der Waals surface area contributed by atoms with E-state index in [1.807, 2.05) is 0 Å². The van der Waals surface area contributed by atoms with Crippen LogP contribution in [-0.4, -0.2) is 36.0 Å². The second-order valence-electron chi connectivity index (χ2n) is 4.20. The Morgan fingerprint density at radius 3 is 2.87 bits per heavy atom. The summed E-state index contributed by atoms with van der Waals surface area (Å²) in [7, 11) is 0. The van der Waals surface area contributed by atoms with Gasteiger partial charge in [-0.25, -0.2) is 4.79 Å². The van der Waals surface area contributed by atoms with Crippen molar-refractivity contribution in [3.8, 4) is 0 Å². The number of ether oxygens (including phenoxy) is 1. The monoisotopic (exact) mass is 214 g/mol. The van der Waals surface area contributed by atoms with Crippen LogP contribution in [-0.2, 0) is 9.57 Å². The van der Waals surface area contributed by atoms with Crippen molar-refractivity contribution >= 4 is 6.09 Å². The molecular formula is C8H14N4O3. The molecule has 0 unspecified atom stereocenters. The maximum atomic E-state index is 11.5. The van der Waals surface area contributed by atoms with Gasteiger partial charge in [0.25, 0.3) is 0 Å². The first-order valence-corrected chi connectivity index (χ1v) is 4.60. The highest BCUT2D eigenvalue weighted by Gasteiger charge is 2.30. The third-order valence-corrected chi connectivity index (χ3v) is 1.61. The lowest BCUT2D eigenvalue weighted by atomic mass is 10.2. The number of hydrogen-bond acceptors (Lipinski definition) is 4. The highest BCUT2D eigenvalue weighted by molar-refractivity contribution is 5.67. The zero-order valence-corrected chi connectivity index (χ0v) is 9.01. The molecule has 7 nitrogen and oxygen atoms in total. The van der Waals surface area contributed by atoms with Gasteiger partial charge in [0, 0.05) is 4.91 Å². The third kappa shape index (κ3) is 3.65. The van der Waals surface area contributed by atoms with Crippen molar-refractivity contribution in [2.45, 2.75) is 32.4 Å². The molecule has 0 saturated carbocycles. The molecule has 84 valence electrons. The maximum Gasteiger partial charge on any atom is 0.434 e. The molecule has 0 spiro atoms. The molecule has 0 aromatic heterocycles. The smallest absolute Gasteiger partial charge is 0.434 e. The van der Waals surface area contributed by atoms with Gasteiger partial charge in [-0.15, -0.1) is 0 Å². The van der Waals surface area contributed by atoms with Crippen LogP contribution in [0.2, 0.25) is 0 Å². The van der Waals surface area contributed by atoms with Crippen LogP contribution >= 0.6 is 0 Å². The van der Waals surface area contributed by atoms with Gasteiger partial charge in [-0.3, -0.25) is 4.84 Å². The normalized spacial score (nSPS) is 21.0. The SMILES string of the molecule is CC(C)(C)OC(=O)N1C[C@@H](N=[N+]=[N-])CO1. The van der Waals surface area contributed by atoms with Crippen LogP contribution in [0.25, 0.3) is 10.4 Å². The summed E-state index contributed by atoms with van der Waals surface area (Å²) in [6.45, 7) is 5.76. The van der Waals surface area contributed by atoms with E-state index in [1.54, 1.807) is 20.8 Å². The van der Waals surface area contributed by atoms with E-state index in [0.29, 0.717) is 0 Å². The van der Waals surface area contributed by atoms with E-state index < -0.39 is 11.7 Å². The van der Waals surface area contributed by atoms with Crippen LogP contribution in [0.1, 0.15) is 20.8 Å². The van der Waals surface area contributed by atoms with Gasteiger partial charge in [0.15, 0.2) is 0 Å². The van der Waals surface area contributed by atoms with Gasteiger partial charge in [-0.1, -0.05) is 5.11 Å². The second kappa shape index (κ2) is 4.37. The first-order valence-electron chi connectivity index (χ1n) is 4.60. The van der Waals surface area contributed by atoms with E-state index in [2.05, 4.69) is 10.0 Å². The Balaban J connectivity index is 2.47. The van der Waals surface area contributed by atoms with Crippen LogP contribution in [0, 0.1) is 0 Å². The van der Waals surface area contributed by atoms with Gasteiger partial charge in [0.2, 0.25) is 0 Å². The molecule has 0 aromatic carbocycles. The van der Waals surface area contributed by atoms with Gasteiger partial charge in [-0.05, 0) is 26.3 Å². The minimum absolute atomic E-state index is 0.212. The van der Waals surface area contributed by atoms with Crippen molar-refractivity contribution in [3.05, 3.63) is 10.4 Å². The van der Waals surface area contributed by atoms with E-state index in [0.717, 1.165) is 5.06 Å². The predicted molar refractivity (Wildman–Crippen MR) is 51.8 cm³/mol. The fourth-order valence-corrected chi connectivity index (χ4v) is 1.06. The van der Waals surface area contributed by atoms with Crippen molar-refractivity contribution in [1.29, 1.82) is 0 Å². The summed E-state index contributed by atoms with van der Waals surface area (Å²) in [5.74, 6) is 0. The second-order valence-corrected chi connectivity index (χ2v) is 4.20. The number of hydroxylamine groups is 2. The highest BCUT2D eigenvalue weighted by Crippen LogP contribution is 2.15. The summed E-state index contributed by atoms with van der Waals surface area (Å²) in [4.78, 5) is 19.1. The van der Waals surface area contributed by atoms with E-state index >= 15 is 0 Å². The quantitative estimate of drug-likeness (QED) is 0.379. The van der Waals surface area contributed by atoms with Crippen LogP contribution in [0.15, 0.2) is 5.11 Å². The summed E-state index contributed by atoms with van der Waals surface area (Å²) < 4.78 is 5.08. The Bertz CT molecular complexity index is 293. The summed E-state index contributed by atoms with van der Waals surface area (Å²) >= 11 is 0. The first-order chi connectivity index (χ1) is 6.92.